The fourth-order valence-electron chi connectivity index (χ4n) is 5.92. The Morgan fingerprint density at radius 1 is 1.00 bits per heavy atom. The summed E-state index contributed by atoms with van der Waals surface area (Å²) in [6.07, 6.45) is 5.08. The highest BCUT2D eigenvalue weighted by Crippen LogP contribution is 2.33. The van der Waals surface area contributed by atoms with E-state index in [4.69, 9.17) is 18.9 Å². The second-order valence-electron chi connectivity index (χ2n) is 13.3. The molecule has 1 aliphatic heterocycles. The van der Waals surface area contributed by atoms with Gasteiger partial charge in [-0.1, -0.05) is 0 Å². The Morgan fingerprint density at radius 3 is 2.31 bits per heavy atom. The number of ether oxygens (including phenoxy) is 4. The van der Waals surface area contributed by atoms with Gasteiger partial charge in [0.1, 0.15) is 5.60 Å². The Bertz CT molecular complexity index is 1120. The van der Waals surface area contributed by atoms with Crippen LogP contribution in [0.1, 0.15) is 96.3 Å². The van der Waals surface area contributed by atoms with E-state index in [1.807, 2.05) is 44.4 Å². The van der Waals surface area contributed by atoms with Crippen molar-refractivity contribution in [3.63, 3.8) is 0 Å². The molecule has 0 unspecified atom stereocenters. The Hall–Kier alpha value is -3.05. The smallest absolute Gasteiger partial charge is 0.410 e. The molecule has 1 aromatic rings. The number of aliphatic hydroxyl groups excluding tert-OH is 1. The van der Waals surface area contributed by atoms with Crippen LogP contribution in [0.25, 0.3) is 0 Å². The molecule has 1 saturated heterocycles. The first-order valence-electron chi connectivity index (χ1n) is 16.4. The van der Waals surface area contributed by atoms with Crippen molar-refractivity contribution in [1.29, 1.82) is 0 Å². The van der Waals surface area contributed by atoms with Gasteiger partial charge in [-0.3, -0.25) is 9.59 Å². The molecular weight excluding hydrogens is 578 g/mol. The number of likely N-dealkylation sites (tertiary alicyclic amines) is 1. The summed E-state index contributed by atoms with van der Waals surface area (Å²) in [6.45, 7) is 11.4. The van der Waals surface area contributed by atoms with Gasteiger partial charge in [-0.05, 0) is 91.3 Å². The van der Waals surface area contributed by atoms with Crippen LogP contribution in [0.2, 0.25) is 0 Å². The maximum atomic E-state index is 14.1. The van der Waals surface area contributed by atoms with E-state index in [-0.39, 0.29) is 42.6 Å². The summed E-state index contributed by atoms with van der Waals surface area (Å²) in [5.41, 5.74) is -0.191. The lowest BCUT2D eigenvalue weighted by Gasteiger charge is -2.45. The number of hydrogen-bond acceptors (Lipinski definition) is 8. The van der Waals surface area contributed by atoms with E-state index in [2.05, 4.69) is 0 Å². The number of piperidine rings is 1. The molecule has 1 saturated carbocycles. The predicted octanol–water partition coefficient (Wildman–Crippen LogP) is 4.88. The molecule has 0 aromatic heterocycles. The van der Waals surface area contributed by atoms with Crippen LogP contribution in [-0.2, 0) is 14.3 Å². The first-order chi connectivity index (χ1) is 21.4. The summed E-state index contributed by atoms with van der Waals surface area (Å²) in [5.74, 6) is 0.960. The van der Waals surface area contributed by atoms with Crippen molar-refractivity contribution >= 4 is 17.9 Å². The van der Waals surface area contributed by atoms with Gasteiger partial charge in [-0.2, -0.15) is 0 Å². The molecule has 0 spiro atoms. The highest BCUT2D eigenvalue weighted by atomic mass is 16.6. The Morgan fingerprint density at radius 2 is 1.71 bits per heavy atom. The van der Waals surface area contributed by atoms with Gasteiger partial charge in [0.15, 0.2) is 11.5 Å². The van der Waals surface area contributed by atoms with E-state index in [1.54, 1.807) is 37.3 Å². The quantitative estimate of drug-likeness (QED) is 0.256. The Balaban J connectivity index is 1.80. The SMILES string of the molecule is COCCCOc1cc(C(=O)N(C(C)C)[C@@H]2CC[C@@H](CCN(C(=O)CCCO)C3CC3)N(C(=O)OC(C)(C)C)C2)ccc1OC. The van der Waals surface area contributed by atoms with Gasteiger partial charge in [-0.25, -0.2) is 4.79 Å². The van der Waals surface area contributed by atoms with Crippen LogP contribution in [0.4, 0.5) is 4.79 Å². The zero-order chi connectivity index (χ0) is 33.1. The largest absolute Gasteiger partial charge is 0.493 e. The maximum Gasteiger partial charge on any atom is 0.410 e. The maximum absolute atomic E-state index is 14.1. The molecule has 1 aliphatic carbocycles. The number of amides is 3. The van der Waals surface area contributed by atoms with Crippen LogP contribution < -0.4 is 9.47 Å². The van der Waals surface area contributed by atoms with Crippen molar-refractivity contribution in [3.8, 4) is 11.5 Å². The fraction of sp³-hybridized carbons (Fsp3) is 0.735. The lowest BCUT2D eigenvalue weighted by molar-refractivity contribution is -0.132. The minimum Gasteiger partial charge on any atom is -0.493 e. The van der Waals surface area contributed by atoms with Crippen molar-refractivity contribution in [2.75, 3.05) is 47.1 Å². The van der Waals surface area contributed by atoms with Crippen molar-refractivity contribution in [2.45, 2.75) is 116 Å². The number of aliphatic hydroxyl groups is 1. The molecule has 45 heavy (non-hydrogen) atoms. The molecule has 1 aromatic carbocycles. The van der Waals surface area contributed by atoms with Crippen LogP contribution in [0.15, 0.2) is 18.2 Å². The van der Waals surface area contributed by atoms with E-state index < -0.39 is 11.7 Å². The highest BCUT2D eigenvalue weighted by molar-refractivity contribution is 5.95. The molecule has 0 radical (unpaired) electrons. The molecule has 2 fully saturated rings. The van der Waals surface area contributed by atoms with Gasteiger partial charge in [0, 0.05) is 69.9 Å². The first-order valence-corrected chi connectivity index (χ1v) is 16.4. The third-order valence-corrected chi connectivity index (χ3v) is 8.21. The molecule has 2 aliphatic rings. The van der Waals surface area contributed by atoms with Crippen molar-refractivity contribution < 1.29 is 38.4 Å². The van der Waals surface area contributed by atoms with Gasteiger partial charge < -0.3 is 38.8 Å². The second kappa shape index (κ2) is 17.0. The second-order valence-corrected chi connectivity index (χ2v) is 13.3. The zero-order valence-electron chi connectivity index (χ0n) is 28.4. The molecule has 0 bridgehead atoms. The topological polar surface area (TPSA) is 118 Å². The number of rotatable bonds is 16. The van der Waals surface area contributed by atoms with Crippen molar-refractivity contribution in [1.82, 2.24) is 14.7 Å². The van der Waals surface area contributed by atoms with E-state index >= 15 is 0 Å². The molecule has 3 rings (SSSR count). The average molecular weight is 634 g/mol. The number of methoxy groups -OCH3 is 2. The third kappa shape index (κ3) is 10.8. The van der Waals surface area contributed by atoms with Gasteiger partial charge in [0.25, 0.3) is 5.91 Å². The van der Waals surface area contributed by atoms with Crippen molar-refractivity contribution in [3.05, 3.63) is 23.8 Å². The summed E-state index contributed by atoms with van der Waals surface area (Å²) in [5, 5.41) is 9.21. The lowest BCUT2D eigenvalue weighted by atomic mass is 9.93. The number of nitrogens with zero attached hydrogens (tertiary/aromatic N) is 3. The van der Waals surface area contributed by atoms with Gasteiger partial charge in [0.2, 0.25) is 5.91 Å². The van der Waals surface area contributed by atoms with Gasteiger partial charge in [0.05, 0.1) is 19.8 Å². The fourth-order valence-corrected chi connectivity index (χ4v) is 5.92. The van der Waals surface area contributed by atoms with E-state index in [1.165, 1.54) is 0 Å². The monoisotopic (exact) mass is 633 g/mol. The minimum atomic E-state index is -0.675. The summed E-state index contributed by atoms with van der Waals surface area (Å²) in [4.78, 5) is 46.1. The van der Waals surface area contributed by atoms with Crippen LogP contribution in [-0.4, -0.2) is 115 Å². The average Bonchev–Trinajstić information content (AvgIpc) is 3.83. The summed E-state index contributed by atoms with van der Waals surface area (Å²) in [6, 6.07) is 4.99. The minimum absolute atomic E-state index is 0.00893. The van der Waals surface area contributed by atoms with E-state index in [9.17, 15) is 19.5 Å². The normalized spacial score (nSPS) is 18.5. The lowest BCUT2D eigenvalue weighted by Crippen LogP contribution is -2.58. The molecule has 1 N–H and O–H groups in total. The molecule has 1 heterocycles. The number of benzene rings is 1. The predicted molar refractivity (Wildman–Crippen MR) is 172 cm³/mol. The molecule has 2 atom stereocenters. The van der Waals surface area contributed by atoms with E-state index in [0.29, 0.717) is 81.9 Å². The van der Waals surface area contributed by atoms with Crippen LogP contribution in [0.5, 0.6) is 11.5 Å². The Labute approximate surface area is 269 Å². The number of hydrogen-bond donors (Lipinski definition) is 1. The number of carbonyl (C=O) groups excluding carboxylic acids is 3. The molecular formula is C34H55N3O8. The third-order valence-electron chi connectivity index (χ3n) is 8.21. The van der Waals surface area contributed by atoms with Gasteiger partial charge >= 0.3 is 6.09 Å². The van der Waals surface area contributed by atoms with Crippen LogP contribution in [0.3, 0.4) is 0 Å². The van der Waals surface area contributed by atoms with Gasteiger partial charge in [-0.15, -0.1) is 0 Å². The van der Waals surface area contributed by atoms with Crippen LogP contribution in [0, 0.1) is 0 Å². The molecule has 3 amide bonds. The first kappa shape index (κ1) is 36.4. The summed E-state index contributed by atoms with van der Waals surface area (Å²) < 4.78 is 22.4. The molecule has 254 valence electrons. The standard InChI is InChI=1S/C34H55N3O8/c1-24(2)37(32(40)25-11-16-29(43-7)30(22-25)44-21-9-20-42-6)28-15-14-27(36(23-28)33(41)45-34(3,4)5)17-18-35(26-12-13-26)31(39)10-8-19-38/h11,16,22,24,26-28,38H,8-10,12-15,17-21,23H2,1-7H3/t27-,28+/m0/s1. The molecule has 11 nitrogen and oxygen atoms in total. The highest BCUT2D eigenvalue weighted by Gasteiger charge is 2.40. The van der Waals surface area contributed by atoms with E-state index in [0.717, 1.165) is 12.8 Å². The molecule has 11 heteroatoms. The van der Waals surface area contributed by atoms with Crippen LogP contribution >= 0.6 is 0 Å². The van der Waals surface area contributed by atoms with Crippen molar-refractivity contribution in [2.24, 2.45) is 0 Å². The zero-order valence-corrected chi connectivity index (χ0v) is 28.4. The Kier molecular flexibility index (Phi) is 13.8. The number of carbonyl (C=O) groups is 3. The summed E-state index contributed by atoms with van der Waals surface area (Å²) in [7, 11) is 3.21. The summed E-state index contributed by atoms with van der Waals surface area (Å²) >= 11 is 0.